The summed E-state index contributed by atoms with van der Waals surface area (Å²) in [7, 11) is 0. The lowest BCUT2D eigenvalue weighted by molar-refractivity contribution is 0.208. The van der Waals surface area contributed by atoms with E-state index in [1.165, 1.54) is 0 Å². The highest BCUT2D eigenvalue weighted by Gasteiger charge is 2.04. The number of halogens is 1. The zero-order valence-corrected chi connectivity index (χ0v) is 10.1. The summed E-state index contributed by atoms with van der Waals surface area (Å²) in [6, 6.07) is 5.72. The monoisotopic (exact) mass is 227 g/mol. The molecule has 1 atom stereocenters. The van der Waals surface area contributed by atoms with E-state index in [4.69, 9.17) is 22.1 Å². The normalized spacial score (nSPS) is 12.5. The molecule has 0 aliphatic carbocycles. The van der Waals surface area contributed by atoms with Gasteiger partial charge in [0.25, 0.3) is 0 Å². The number of aryl methyl sites for hydroxylation is 1. The van der Waals surface area contributed by atoms with Gasteiger partial charge in [-0.3, -0.25) is 0 Å². The Balaban J connectivity index is 2.53. The molecule has 84 valence electrons. The van der Waals surface area contributed by atoms with Gasteiger partial charge in [0.2, 0.25) is 0 Å². The largest absolute Gasteiger partial charge is 0.491 e. The molecule has 0 aliphatic rings. The summed E-state index contributed by atoms with van der Waals surface area (Å²) in [5.74, 6) is 0.876. The van der Waals surface area contributed by atoms with Crippen LogP contribution in [0.1, 0.15) is 25.3 Å². The molecule has 0 spiro atoms. The molecular formula is C12H18ClNO. The molecule has 0 bridgehead atoms. The SMILES string of the molecule is Cc1cc(OC(C)CCCN)ccc1Cl. The van der Waals surface area contributed by atoms with E-state index in [0.717, 1.165) is 29.2 Å². The molecule has 2 N–H and O–H groups in total. The first-order valence-corrected chi connectivity index (χ1v) is 5.64. The van der Waals surface area contributed by atoms with Gasteiger partial charge in [-0.2, -0.15) is 0 Å². The van der Waals surface area contributed by atoms with Crippen LogP contribution in [0.2, 0.25) is 5.02 Å². The van der Waals surface area contributed by atoms with E-state index >= 15 is 0 Å². The second-order valence-corrected chi connectivity index (χ2v) is 4.18. The smallest absolute Gasteiger partial charge is 0.120 e. The van der Waals surface area contributed by atoms with Gasteiger partial charge < -0.3 is 10.5 Å². The Hall–Kier alpha value is -0.730. The molecule has 1 rings (SSSR count). The molecule has 0 aliphatic heterocycles. The van der Waals surface area contributed by atoms with Crippen molar-refractivity contribution in [3.63, 3.8) is 0 Å². The van der Waals surface area contributed by atoms with Gasteiger partial charge in [0, 0.05) is 5.02 Å². The van der Waals surface area contributed by atoms with Crippen molar-refractivity contribution in [1.82, 2.24) is 0 Å². The molecule has 0 heterocycles. The number of ether oxygens (including phenoxy) is 1. The Labute approximate surface area is 96.4 Å². The van der Waals surface area contributed by atoms with Gasteiger partial charge >= 0.3 is 0 Å². The molecule has 1 aromatic carbocycles. The molecule has 0 saturated carbocycles. The molecule has 0 saturated heterocycles. The Morgan fingerprint density at radius 3 is 2.80 bits per heavy atom. The van der Waals surface area contributed by atoms with Gasteiger partial charge in [-0.1, -0.05) is 11.6 Å². The number of hydrogen-bond acceptors (Lipinski definition) is 2. The maximum Gasteiger partial charge on any atom is 0.120 e. The number of hydrogen-bond donors (Lipinski definition) is 1. The molecule has 0 fully saturated rings. The lowest BCUT2D eigenvalue weighted by Gasteiger charge is -2.14. The summed E-state index contributed by atoms with van der Waals surface area (Å²) in [4.78, 5) is 0. The third-order valence-electron chi connectivity index (χ3n) is 2.28. The molecule has 0 amide bonds. The third-order valence-corrected chi connectivity index (χ3v) is 2.71. The van der Waals surface area contributed by atoms with Gasteiger partial charge in [0.1, 0.15) is 5.75 Å². The quantitative estimate of drug-likeness (QED) is 0.839. The third kappa shape index (κ3) is 4.10. The van der Waals surface area contributed by atoms with Gasteiger partial charge in [-0.15, -0.1) is 0 Å². The van der Waals surface area contributed by atoms with Crippen LogP contribution >= 0.6 is 11.6 Å². The van der Waals surface area contributed by atoms with Crippen molar-refractivity contribution in [2.75, 3.05) is 6.54 Å². The van der Waals surface area contributed by atoms with Crippen molar-refractivity contribution in [2.45, 2.75) is 32.8 Å². The average Bonchev–Trinajstić information content (AvgIpc) is 2.20. The second kappa shape index (κ2) is 5.99. The summed E-state index contributed by atoms with van der Waals surface area (Å²) in [6.07, 6.45) is 2.18. The van der Waals surface area contributed by atoms with Crippen LogP contribution in [0.3, 0.4) is 0 Å². The summed E-state index contributed by atoms with van der Waals surface area (Å²) in [5.41, 5.74) is 6.48. The van der Waals surface area contributed by atoms with Crippen molar-refractivity contribution >= 4 is 11.6 Å². The topological polar surface area (TPSA) is 35.2 Å². The standard InChI is InChI=1S/C12H18ClNO/c1-9-8-11(5-6-12(9)13)15-10(2)4-3-7-14/h5-6,8,10H,3-4,7,14H2,1-2H3. The van der Waals surface area contributed by atoms with E-state index in [2.05, 4.69) is 6.92 Å². The van der Waals surface area contributed by atoms with Crippen LogP contribution in [0.4, 0.5) is 0 Å². The minimum absolute atomic E-state index is 0.203. The first-order chi connectivity index (χ1) is 7.13. The number of rotatable bonds is 5. The molecule has 1 aromatic rings. The number of benzene rings is 1. The van der Waals surface area contributed by atoms with Crippen LogP contribution in [0, 0.1) is 6.92 Å². The summed E-state index contributed by atoms with van der Waals surface area (Å²) in [5, 5.41) is 0.775. The summed E-state index contributed by atoms with van der Waals surface area (Å²) in [6.45, 7) is 4.74. The maximum absolute atomic E-state index is 5.93. The first-order valence-electron chi connectivity index (χ1n) is 5.26. The lowest BCUT2D eigenvalue weighted by atomic mass is 10.2. The van der Waals surface area contributed by atoms with E-state index < -0.39 is 0 Å². The van der Waals surface area contributed by atoms with E-state index in [1.54, 1.807) is 0 Å². The van der Waals surface area contributed by atoms with Gasteiger partial charge in [-0.25, -0.2) is 0 Å². The molecule has 1 unspecified atom stereocenters. The van der Waals surface area contributed by atoms with Crippen LogP contribution in [-0.4, -0.2) is 12.6 Å². The second-order valence-electron chi connectivity index (χ2n) is 3.77. The Bertz CT molecular complexity index is 314. The fourth-order valence-corrected chi connectivity index (χ4v) is 1.50. The highest BCUT2D eigenvalue weighted by molar-refractivity contribution is 6.31. The molecule has 0 aromatic heterocycles. The predicted molar refractivity (Wildman–Crippen MR) is 64.6 cm³/mol. The minimum atomic E-state index is 0.203. The van der Waals surface area contributed by atoms with Crippen molar-refractivity contribution in [2.24, 2.45) is 5.73 Å². The lowest BCUT2D eigenvalue weighted by Crippen LogP contribution is -2.13. The fraction of sp³-hybridized carbons (Fsp3) is 0.500. The van der Waals surface area contributed by atoms with Crippen molar-refractivity contribution < 1.29 is 4.74 Å². The number of nitrogens with two attached hydrogens (primary N) is 1. The van der Waals surface area contributed by atoms with Gasteiger partial charge in [-0.05, 0) is 57.0 Å². The summed E-state index contributed by atoms with van der Waals surface area (Å²) < 4.78 is 5.74. The maximum atomic E-state index is 5.93. The Morgan fingerprint density at radius 1 is 1.47 bits per heavy atom. The molecule has 15 heavy (non-hydrogen) atoms. The highest BCUT2D eigenvalue weighted by Crippen LogP contribution is 2.22. The highest BCUT2D eigenvalue weighted by atomic mass is 35.5. The predicted octanol–water partition coefficient (Wildman–Crippen LogP) is 3.15. The van der Waals surface area contributed by atoms with E-state index in [-0.39, 0.29) is 6.10 Å². The zero-order valence-electron chi connectivity index (χ0n) is 9.29. The van der Waals surface area contributed by atoms with Gasteiger partial charge in [0.05, 0.1) is 6.10 Å². The molecule has 3 heteroatoms. The van der Waals surface area contributed by atoms with Crippen LogP contribution in [0.15, 0.2) is 18.2 Å². The van der Waals surface area contributed by atoms with Crippen LogP contribution in [0.25, 0.3) is 0 Å². The summed E-state index contributed by atoms with van der Waals surface area (Å²) >= 11 is 5.93. The minimum Gasteiger partial charge on any atom is -0.491 e. The van der Waals surface area contributed by atoms with E-state index in [1.807, 2.05) is 25.1 Å². The van der Waals surface area contributed by atoms with Crippen LogP contribution in [0.5, 0.6) is 5.75 Å². The van der Waals surface area contributed by atoms with Crippen LogP contribution in [-0.2, 0) is 0 Å². The van der Waals surface area contributed by atoms with Crippen molar-refractivity contribution in [3.05, 3.63) is 28.8 Å². The van der Waals surface area contributed by atoms with Crippen molar-refractivity contribution in [1.29, 1.82) is 0 Å². The van der Waals surface area contributed by atoms with E-state index in [0.29, 0.717) is 6.54 Å². The van der Waals surface area contributed by atoms with E-state index in [9.17, 15) is 0 Å². The molecule has 0 radical (unpaired) electrons. The first kappa shape index (κ1) is 12.3. The van der Waals surface area contributed by atoms with Crippen LogP contribution < -0.4 is 10.5 Å². The Morgan fingerprint density at radius 2 is 2.20 bits per heavy atom. The molecular weight excluding hydrogens is 210 g/mol. The Kier molecular flexibility index (Phi) is 4.92. The zero-order chi connectivity index (χ0) is 11.3. The average molecular weight is 228 g/mol. The molecule has 2 nitrogen and oxygen atoms in total. The van der Waals surface area contributed by atoms with Crippen molar-refractivity contribution in [3.8, 4) is 5.75 Å². The fourth-order valence-electron chi connectivity index (χ4n) is 1.39. The van der Waals surface area contributed by atoms with Gasteiger partial charge in [0.15, 0.2) is 0 Å².